The number of hydrogen-bond donors (Lipinski definition) is 0. The molecule has 1 nitrogen and oxygen atoms in total. The lowest BCUT2D eigenvalue weighted by molar-refractivity contribution is -0.274. The Kier molecular flexibility index (Phi) is 4.32. The molecule has 4 heteroatoms. The fraction of sp³-hybridized carbons (Fsp3) is 0.250. The molecule has 0 saturated heterocycles. The largest absolute Gasteiger partial charge is 0.573 e. The molecule has 0 aliphatic carbocycles. The second kappa shape index (κ2) is 5.99. The van der Waals surface area contributed by atoms with E-state index in [1.807, 2.05) is 24.3 Å². The van der Waals surface area contributed by atoms with Gasteiger partial charge in [-0.25, -0.2) is 0 Å². The van der Waals surface area contributed by atoms with Crippen molar-refractivity contribution in [2.24, 2.45) is 0 Å². The first-order chi connectivity index (χ1) is 9.48. The van der Waals surface area contributed by atoms with Gasteiger partial charge in [-0.1, -0.05) is 49.7 Å². The zero-order valence-corrected chi connectivity index (χ0v) is 11.1. The normalized spacial score (nSPS) is 11.4. The fourth-order valence-electron chi connectivity index (χ4n) is 2.03. The van der Waals surface area contributed by atoms with Crippen LogP contribution >= 0.6 is 0 Å². The molecule has 0 aliphatic heterocycles. The highest BCUT2D eigenvalue weighted by atomic mass is 19.4. The summed E-state index contributed by atoms with van der Waals surface area (Å²) in [7, 11) is 0. The topological polar surface area (TPSA) is 9.23 Å². The summed E-state index contributed by atoms with van der Waals surface area (Å²) in [6.07, 6.45) is -2.60. The third-order valence-electron chi connectivity index (χ3n) is 2.89. The van der Waals surface area contributed by atoms with E-state index in [0.717, 1.165) is 18.4 Å². The number of alkyl halides is 3. The fourth-order valence-corrected chi connectivity index (χ4v) is 2.03. The van der Waals surface area contributed by atoms with Gasteiger partial charge < -0.3 is 4.74 Å². The zero-order valence-electron chi connectivity index (χ0n) is 11.1. The number of rotatable bonds is 4. The minimum Gasteiger partial charge on any atom is -0.406 e. The molecule has 0 bridgehead atoms. The Balaban J connectivity index is 2.22. The number of benzene rings is 2. The van der Waals surface area contributed by atoms with Crippen LogP contribution in [0.4, 0.5) is 13.2 Å². The van der Waals surface area contributed by atoms with Crippen molar-refractivity contribution >= 4 is 0 Å². The van der Waals surface area contributed by atoms with Crippen molar-refractivity contribution in [1.82, 2.24) is 0 Å². The Morgan fingerprint density at radius 3 is 2.25 bits per heavy atom. The Hall–Kier alpha value is -1.97. The molecule has 0 radical (unpaired) electrons. The third-order valence-corrected chi connectivity index (χ3v) is 2.89. The van der Waals surface area contributed by atoms with Crippen LogP contribution in [-0.4, -0.2) is 6.36 Å². The van der Waals surface area contributed by atoms with Gasteiger partial charge in [0.15, 0.2) is 0 Å². The van der Waals surface area contributed by atoms with Crippen molar-refractivity contribution in [3.63, 3.8) is 0 Å². The molecule has 0 heterocycles. The Labute approximate surface area is 116 Å². The molecule has 0 aromatic heterocycles. The lowest BCUT2D eigenvalue weighted by Crippen LogP contribution is -2.17. The van der Waals surface area contributed by atoms with Crippen LogP contribution < -0.4 is 4.74 Å². The van der Waals surface area contributed by atoms with E-state index in [2.05, 4.69) is 11.7 Å². The van der Waals surface area contributed by atoms with Gasteiger partial charge in [0.2, 0.25) is 0 Å². The molecule has 0 fully saturated rings. The van der Waals surface area contributed by atoms with Gasteiger partial charge >= 0.3 is 6.36 Å². The average Bonchev–Trinajstić information content (AvgIpc) is 2.38. The van der Waals surface area contributed by atoms with Gasteiger partial charge in [-0.05, 0) is 35.2 Å². The monoisotopic (exact) mass is 280 g/mol. The van der Waals surface area contributed by atoms with Gasteiger partial charge in [0, 0.05) is 0 Å². The van der Waals surface area contributed by atoms with Crippen molar-refractivity contribution in [2.45, 2.75) is 26.1 Å². The Morgan fingerprint density at radius 1 is 0.950 bits per heavy atom. The minimum absolute atomic E-state index is 0.201. The first-order valence-electron chi connectivity index (χ1n) is 6.43. The zero-order chi connectivity index (χ0) is 14.6. The molecule has 2 aromatic rings. The predicted octanol–water partition coefficient (Wildman–Crippen LogP) is 5.20. The quantitative estimate of drug-likeness (QED) is 0.747. The van der Waals surface area contributed by atoms with Crippen molar-refractivity contribution in [3.05, 3.63) is 54.1 Å². The summed E-state index contributed by atoms with van der Waals surface area (Å²) in [5.41, 5.74) is 2.80. The van der Waals surface area contributed by atoms with E-state index in [4.69, 9.17) is 0 Å². The maximum Gasteiger partial charge on any atom is 0.573 e. The molecule has 2 aromatic carbocycles. The summed E-state index contributed by atoms with van der Waals surface area (Å²) in [4.78, 5) is 0. The number of aryl methyl sites for hydroxylation is 1. The van der Waals surface area contributed by atoms with Crippen LogP contribution in [0.1, 0.15) is 18.9 Å². The van der Waals surface area contributed by atoms with Gasteiger partial charge in [-0.3, -0.25) is 0 Å². The smallest absolute Gasteiger partial charge is 0.406 e. The van der Waals surface area contributed by atoms with E-state index in [0.29, 0.717) is 5.56 Å². The molecule has 0 spiro atoms. The van der Waals surface area contributed by atoms with Gasteiger partial charge in [-0.2, -0.15) is 0 Å². The molecule has 0 atom stereocenters. The lowest BCUT2D eigenvalue weighted by Gasteiger charge is -2.10. The number of hydrogen-bond acceptors (Lipinski definition) is 1. The maximum atomic E-state index is 12.2. The van der Waals surface area contributed by atoms with Crippen molar-refractivity contribution in [2.75, 3.05) is 0 Å². The van der Waals surface area contributed by atoms with Gasteiger partial charge in [0.05, 0.1) is 0 Å². The molecule has 0 aliphatic rings. The van der Waals surface area contributed by atoms with Gasteiger partial charge in [0.1, 0.15) is 5.75 Å². The highest BCUT2D eigenvalue weighted by Crippen LogP contribution is 2.28. The predicted molar refractivity (Wildman–Crippen MR) is 72.6 cm³/mol. The second-order valence-corrected chi connectivity index (χ2v) is 4.52. The molecule has 0 saturated carbocycles. The summed E-state index contributed by atoms with van der Waals surface area (Å²) in [5.74, 6) is -0.201. The van der Waals surface area contributed by atoms with Crippen LogP contribution in [0.25, 0.3) is 11.1 Å². The molecule has 106 valence electrons. The molecule has 0 amide bonds. The van der Waals surface area contributed by atoms with Crippen molar-refractivity contribution in [1.29, 1.82) is 0 Å². The average molecular weight is 280 g/mol. The van der Waals surface area contributed by atoms with Crippen LogP contribution in [0.15, 0.2) is 48.5 Å². The van der Waals surface area contributed by atoms with Crippen molar-refractivity contribution < 1.29 is 17.9 Å². The van der Waals surface area contributed by atoms with Crippen molar-refractivity contribution in [3.8, 4) is 16.9 Å². The van der Waals surface area contributed by atoms with E-state index >= 15 is 0 Å². The van der Waals surface area contributed by atoms with E-state index < -0.39 is 6.36 Å². The second-order valence-electron chi connectivity index (χ2n) is 4.52. The number of ether oxygens (including phenoxy) is 1. The first-order valence-corrected chi connectivity index (χ1v) is 6.43. The van der Waals surface area contributed by atoms with Crippen LogP contribution in [0.3, 0.4) is 0 Å². The Morgan fingerprint density at radius 2 is 1.65 bits per heavy atom. The van der Waals surface area contributed by atoms with E-state index in [9.17, 15) is 13.2 Å². The van der Waals surface area contributed by atoms with Crippen LogP contribution in [0, 0.1) is 0 Å². The molecule has 2 rings (SSSR count). The lowest BCUT2D eigenvalue weighted by atomic mass is 10.0. The summed E-state index contributed by atoms with van der Waals surface area (Å²) in [6.45, 7) is 2.10. The van der Waals surface area contributed by atoms with Crippen LogP contribution in [-0.2, 0) is 6.42 Å². The summed E-state index contributed by atoms with van der Waals surface area (Å²) in [6, 6.07) is 13.8. The molecule has 20 heavy (non-hydrogen) atoms. The van der Waals surface area contributed by atoms with Crippen LogP contribution in [0.5, 0.6) is 5.75 Å². The highest BCUT2D eigenvalue weighted by Gasteiger charge is 2.31. The minimum atomic E-state index is -4.66. The van der Waals surface area contributed by atoms with Crippen LogP contribution in [0.2, 0.25) is 0 Å². The maximum absolute atomic E-state index is 12.2. The summed E-state index contributed by atoms with van der Waals surface area (Å²) < 4.78 is 40.5. The standard InChI is InChI=1S/C16H15F3O/c1-2-4-12-7-9-13(10-8-12)14-5-3-6-15(11-14)20-16(17,18)19/h3,5-11H,2,4H2,1H3. The van der Waals surface area contributed by atoms with E-state index in [1.165, 1.54) is 17.7 Å². The highest BCUT2D eigenvalue weighted by molar-refractivity contribution is 5.65. The van der Waals surface area contributed by atoms with E-state index in [1.54, 1.807) is 12.1 Å². The first kappa shape index (κ1) is 14.4. The number of halogens is 3. The summed E-state index contributed by atoms with van der Waals surface area (Å²) in [5, 5.41) is 0. The molecule has 0 unspecified atom stereocenters. The van der Waals surface area contributed by atoms with Gasteiger partial charge in [0.25, 0.3) is 0 Å². The molecular weight excluding hydrogens is 265 g/mol. The SMILES string of the molecule is CCCc1ccc(-c2cccc(OC(F)(F)F)c2)cc1. The molecular formula is C16H15F3O. The summed E-state index contributed by atoms with van der Waals surface area (Å²) >= 11 is 0. The van der Waals surface area contributed by atoms with E-state index in [-0.39, 0.29) is 5.75 Å². The Bertz CT molecular complexity index is 559. The third kappa shape index (κ3) is 4.02. The van der Waals surface area contributed by atoms with Gasteiger partial charge in [-0.15, -0.1) is 13.2 Å². The molecule has 0 N–H and O–H groups in total.